The van der Waals surface area contributed by atoms with Crippen LogP contribution < -0.4 is 16.0 Å². The molecule has 3 N–H and O–H groups in total. The highest BCUT2D eigenvalue weighted by Crippen LogP contribution is 2.27. The number of nitrogens with zero attached hydrogens (tertiary/aromatic N) is 1. The summed E-state index contributed by atoms with van der Waals surface area (Å²) in [5.74, 6) is -0.0660. The fraction of sp³-hybridized carbons (Fsp3) is 0.364. The summed E-state index contributed by atoms with van der Waals surface area (Å²) in [7, 11) is 3.86. The quantitative estimate of drug-likeness (QED) is 0.887. The van der Waals surface area contributed by atoms with Crippen LogP contribution in [0.25, 0.3) is 0 Å². The molecule has 0 aliphatic heterocycles. The van der Waals surface area contributed by atoms with Crippen LogP contribution in [0, 0.1) is 0 Å². The molecule has 0 aliphatic carbocycles. The molecule has 0 heterocycles. The number of carbonyl (C=O) groups excluding carboxylic acids is 1. The first-order chi connectivity index (χ1) is 7.54. The van der Waals surface area contributed by atoms with E-state index in [2.05, 4.69) is 21.2 Å². The minimum absolute atomic E-state index is 0.0660. The van der Waals surface area contributed by atoms with Gasteiger partial charge >= 0.3 is 0 Å². The maximum atomic E-state index is 11.5. The number of halogens is 1. The molecule has 0 aliphatic rings. The van der Waals surface area contributed by atoms with Gasteiger partial charge < -0.3 is 16.0 Å². The summed E-state index contributed by atoms with van der Waals surface area (Å²) in [6.07, 6.45) is 0.333. The molecular weight excluding hydrogens is 270 g/mol. The highest BCUT2D eigenvalue weighted by molar-refractivity contribution is 9.10. The van der Waals surface area contributed by atoms with Crippen molar-refractivity contribution >= 4 is 33.2 Å². The molecule has 5 heteroatoms. The lowest BCUT2D eigenvalue weighted by molar-refractivity contribution is -0.116. The van der Waals surface area contributed by atoms with Gasteiger partial charge in [-0.05, 0) is 18.2 Å². The third-order valence-electron chi connectivity index (χ3n) is 2.09. The van der Waals surface area contributed by atoms with Crippen molar-refractivity contribution in [3.05, 3.63) is 22.7 Å². The minimum Gasteiger partial charge on any atom is -0.376 e. The number of carbonyl (C=O) groups is 1. The van der Waals surface area contributed by atoms with E-state index in [1.807, 2.05) is 37.2 Å². The zero-order valence-electron chi connectivity index (χ0n) is 9.46. The van der Waals surface area contributed by atoms with Gasteiger partial charge in [0.25, 0.3) is 0 Å². The highest BCUT2D eigenvalue weighted by Gasteiger charge is 2.08. The zero-order valence-corrected chi connectivity index (χ0v) is 11.0. The summed E-state index contributed by atoms with van der Waals surface area (Å²) in [5, 5.41) is 2.84. The summed E-state index contributed by atoms with van der Waals surface area (Å²) in [6, 6.07) is 5.76. The molecule has 0 spiro atoms. The Labute approximate surface area is 104 Å². The predicted octanol–water partition coefficient (Wildman–Crippen LogP) is 1.80. The van der Waals surface area contributed by atoms with Crippen LogP contribution >= 0.6 is 15.9 Å². The van der Waals surface area contributed by atoms with Gasteiger partial charge in [0.2, 0.25) is 5.91 Å². The number of hydrogen-bond acceptors (Lipinski definition) is 3. The lowest BCUT2D eigenvalue weighted by Gasteiger charge is -2.18. The molecule has 0 saturated carbocycles. The van der Waals surface area contributed by atoms with Crippen molar-refractivity contribution in [2.75, 3.05) is 30.9 Å². The number of nitrogens with one attached hydrogen (secondary N) is 1. The second-order valence-electron chi connectivity index (χ2n) is 3.64. The van der Waals surface area contributed by atoms with Gasteiger partial charge in [0.15, 0.2) is 0 Å². The topological polar surface area (TPSA) is 58.4 Å². The van der Waals surface area contributed by atoms with Gasteiger partial charge in [-0.3, -0.25) is 4.79 Å². The van der Waals surface area contributed by atoms with Gasteiger partial charge in [-0.15, -0.1) is 0 Å². The van der Waals surface area contributed by atoms with Gasteiger partial charge in [0, 0.05) is 31.5 Å². The van der Waals surface area contributed by atoms with Crippen molar-refractivity contribution in [2.24, 2.45) is 5.73 Å². The van der Waals surface area contributed by atoms with E-state index in [0.717, 1.165) is 15.8 Å². The molecule has 1 aromatic carbocycles. The van der Waals surface area contributed by atoms with Crippen LogP contribution in [0.5, 0.6) is 0 Å². The van der Waals surface area contributed by atoms with E-state index >= 15 is 0 Å². The monoisotopic (exact) mass is 285 g/mol. The third-order valence-corrected chi connectivity index (χ3v) is 2.58. The molecule has 88 valence electrons. The average molecular weight is 286 g/mol. The number of hydrogen-bond donors (Lipinski definition) is 2. The van der Waals surface area contributed by atoms with Crippen LogP contribution in [0.2, 0.25) is 0 Å². The smallest absolute Gasteiger partial charge is 0.225 e. The summed E-state index contributed by atoms with van der Waals surface area (Å²) in [4.78, 5) is 13.4. The molecule has 1 rings (SSSR count). The molecule has 4 nitrogen and oxygen atoms in total. The number of amides is 1. The second-order valence-corrected chi connectivity index (χ2v) is 4.56. The number of benzene rings is 1. The summed E-state index contributed by atoms with van der Waals surface area (Å²) in [5.41, 5.74) is 7.09. The fourth-order valence-electron chi connectivity index (χ4n) is 1.34. The Bertz CT molecular complexity index is 379. The van der Waals surface area contributed by atoms with Crippen LogP contribution in [0.1, 0.15) is 6.42 Å². The lowest BCUT2D eigenvalue weighted by Crippen LogP contribution is -2.19. The van der Waals surface area contributed by atoms with Gasteiger partial charge in [0.05, 0.1) is 11.4 Å². The minimum atomic E-state index is -0.0660. The molecule has 0 fully saturated rings. The number of nitrogens with two attached hydrogens (primary N) is 1. The van der Waals surface area contributed by atoms with E-state index in [-0.39, 0.29) is 5.91 Å². The molecule has 1 amide bonds. The molecule has 0 radical (unpaired) electrons. The molecule has 0 unspecified atom stereocenters. The van der Waals surface area contributed by atoms with Crippen molar-refractivity contribution in [2.45, 2.75) is 6.42 Å². The van der Waals surface area contributed by atoms with Crippen LogP contribution in [0.3, 0.4) is 0 Å². The fourth-order valence-corrected chi connectivity index (χ4v) is 1.70. The average Bonchev–Trinajstić information content (AvgIpc) is 2.17. The normalized spacial score (nSPS) is 10.0. The number of anilines is 2. The molecule has 0 atom stereocenters. The lowest BCUT2D eigenvalue weighted by atomic mass is 10.2. The highest BCUT2D eigenvalue weighted by atomic mass is 79.9. The largest absolute Gasteiger partial charge is 0.376 e. The standard InChI is InChI=1S/C11H16BrN3O/c1-15(2)10-4-3-8(12)7-9(10)14-11(16)5-6-13/h3-4,7H,5-6,13H2,1-2H3,(H,14,16). The first-order valence-corrected chi connectivity index (χ1v) is 5.80. The van der Waals surface area contributed by atoms with E-state index < -0.39 is 0 Å². The van der Waals surface area contributed by atoms with Crippen molar-refractivity contribution < 1.29 is 4.79 Å². The molecular formula is C11H16BrN3O. The molecule has 1 aromatic rings. The second kappa shape index (κ2) is 5.86. The third kappa shape index (κ3) is 3.50. The predicted molar refractivity (Wildman–Crippen MR) is 70.8 cm³/mol. The van der Waals surface area contributed by atoms with E-state index in [9.17, 15) is 4.79 Å². The summed E-state index contributed by atoms with van der Waals surface area (Å²) in [6.45, 7) is 0.358. The van der Waals surface area contributed by atoms with Crippen molar-refractivity contribution in [1.29, 1.82) is 0 Å². The van der Waals surface area contributed by atoms with Gasteiger partial charge in [-0.2, -0.15) is 0 Å². The number of rotatable bonds is 4. The maximum Gasteiger partial charge on any atom is 0.225 e. The molecule has 0 bridgehead atoms. The van der Waals surface area contributed by atoms with Crippen LogP contribution in [-0.2, 0) is 4.79 Å². The Balaban J connectivity index is 2.92. The van der Waals surface area contributed by atoms with Crippen molar-refractivity contribution in [3.8, 4) is 0 Å². The van der Waals surface area contributed by atoms with Crippen LogP contribution in [-0.4, -0.2) is 26.5 Å². The van der Waals surface area contributed by atoms with E-state index in [0.29, 0.717) is 13.0 Å². The van der Waals surface area contributed by atoms with Gasteiger partial charge in [-0.1, -0.05) is 15.9 Å². The zero-order chi connectivity index (χ0) is 12.1. The molecule has 16 heavy (non-hydrogen) atoms. The van der Waals surface area contributed by atoms with Crippen molar-refractivity contribution in [1.82, 2.24) is 0 Å². The first-order valence-electron chi connectivity index (χ1n) is 5.01. The SMILES string of the molecule is CN(C)c1ccc(Br)cc1NC(=O)CCN. The van der Waals surface area contributed by atoms with Crippen LogP contribution in [0.15, 0.2) is 22.7 Å². The molecule has 0 aromatic heterocycles. The van der Waals surface area contributed by atoms with Gasteiger partial charge in [-0.25, -0.2) is 0 Å². The van der Waals surface area contributed by atoms with E-state index in [1.54, 1.807) is 0 Å². The Morgan fingerprint density at radius 3 is 2.75 bits per heavy atom. The maximum absolute atomic E-state index is 11.5. The van der Waals surface area contributed by atoms with E-state index in [1.165, 1.54) is 0 Å². The van der Waals surface area contributed by atoms with Crippen molar-refractivity contribution in [3.63, 3.8) is 0 Å². The first kappa shape index (κ1) is 13.0. The van der Waals surface area contributed by atoms with Gasteiger partial charge in [0.1, 0.15) is 0 Å². The Morgan fingerprint density at radius 1 is 1.50 bits per heavy atom. The Hall–Kier alpha value is -1.07. The van der Waals surface area contributed by atoms with Crippen LogP contribution in [0.4, 0.5) is 11.4 Å². The van der Waals surface area contributed by atoms with E-state index in [4.69, 9.17) is 5.73 Å². The Morgan fingerprint density at radius 2 is 2.19 bits per heavy atom. The Kier molecular flexibility index (Phi) is 4.76. The summed E-state index contributed by atoms with van der Waals surface area (Å²) >= 11 is 3.38. The summed E-state index contributed by atoms with van der Waals surface area (Å²) < 4.78 is 0.932. The molecule has 0 saturated heterocycles.